The molecule has 3 aromatic rings. The molecular formula is C24H21FN4O4. The third-order valence-electron chi connectivity index (χ3n) is 6.08. The summed E-state index contributed by atoms with van der Waals surface area (Å²) >= 11 is 0. The maximum Gasteiger partial charge on any atom is 0.297 e. The highest BCUT2D eigenvalue weighted by atomic mass is 19.1. The number of anilines is 1. The monoisotopic (exact) mass is 448 g/mol. The summed E-state index contributed by atoms with van der Waals surface area (Å²) < 4.78 is 18.7. The van der Waals surface area contributed by atoms with Gasteiger partial charge in [0, 0.05) is 42.3 Å². The lowest BCUT2D eigenvalue weighted by Gasteiger charge is -2.29. The van der Waals surface area contributed by atoms with Crippen LogP contribution in [-0.4, -0.2) is 40.2 Å². The smallest absolute Gasteiger partial charge is 0.297 e. The summed E-state index contributed by atoms with van der Waals surface area (Å²) in [6.07, 6.45) is 2.19. The summed E-state index contributed by atoms with van der Waals surface area (Å²) in [5.41, 5.74) is 5.27. The first-order valence-corrected chi connectivity index (χ1v) is 10.6. The van der Waals surface area contributed by atoms with E-state index in [0.29, 0.717) is 42.0 Å². The lowest BCUT2D eigenvalue weighted by Crippen LogP contribution is -2.38. The van der Waals surface area contributed by atoms with Crippen molar-refractivity contribution in [1.29, 1.82) is 0 Å². The molecule has 3 heterocycles. The summed E-state index contributed by atoms with van der Waals surface area (Å²) in [6, 6.07) is 13.8. The van der Waals surface area contributed by atoms with E-state index in [1.54, 1.807) is 28.6 Å². The van der Waals surface area contributed by atoms with Crippen molar-refractivity contribution in [2.24, 2.45) is 0 Å². The molecule has 2 aliphatic heterocycles. The molecule has 3 N–H and O–H groups in total. The molecule has 2 aliphatic rings. The minimum Gasteiger partial charge on any atom is -0.384 e. The van der Waals surface area contributed by atoms with Gasteiger partial charge in [-0.25, -0.2) is 9.87 Å². The highest BCUT2D eigenvalue weighted by Crippen LogP contribution is 2.38. The lowest BCUT2D eigenvalue weighted by molar-refractivity contribution is -0.128. The number of hydrogen-bond acceptors (Lipinski definition) is 6. The molecule has 168 valence electrons. The van der Waals surface area contributed by atoms with E-state index < -0.39 is 5.91 Å². The lowest BCUT2D eigenvalue weighted by atomic mass is 9.89. The molecule has 2 amide bonds. The number of carbonyl (C=O) groups is 2. The van der Waals surface area contributed by atoms with Crippen LogP contribution in [0.3, 0.4) is 0 Å². The summed E-state index contributed by atoms with van der Waals surface area (Å²) in [4.78, 5) is 27.4. The van der Waals surface area contributed by atoms with E-state index in [9.17, 15) is 14.0 Å². The van der Waals surface area contributed by atoms with Gasteiger partial charge in [-0.2, -0.15) is 0 Å². The van der Waals surface area contributed by atoms with Crippen LogP contribution in [0.2, 0.25) is 0 Å². The van der Waals surface area contributed by atoms with Crippen LogP contribution in [0.4, 0.5) is 10.1 Å². The highest BCUT2D eigenvalue weighted by molar-refractivity contribution is 6.00. The zero-order chi connectivity index (χ0) is 22.9. The molecule has 0 bridgehead atoms. The molecule has 0 saturated heterocycles. The van der Waals surface area contributed by atoms with Crippen molar-refractivity contribution in [3.8, 4) is 0 Å². The van der Waals surface area contributed by atoms with Crippen LogP contribution < -0.4 is 10.8 Å². The van der Waals surface area contributed by atoms with Gasteiger partial charge in [-0.3, -0.25) is 14.8 Å². The average molecular weight is 448 g/mol. The highest BCUT2D eigenvalue weighted by Gasteiger charge is 2.35. The van der Waals surface area contributed by atoms with Crippen LogP contribution >= 0.6 is 0 Å². The Morgan fingerprint density at radius 1 is 1.21 bits per heavy atom. The number of nitrogens with one attached hydrogen (secondary N) is 2. The first-order chi connectivity index (χ1) is 16.0. The summed E-state index contributed by atoms with van der Waals surface area (Å²) in [6.45, 7) is 1.08. The number of hydroxylamine groups is 1. The Kier molecular flexibility index (Phi) is 5.39. The van der Waals surface area contributed by atoms with Gasteiger partial charge in [0.2, 0.25) is 0 Å². The molecule has 1 aromatic heterocycles. The number of nitrogens with zero attached hydrogens (tertiary/aromatic N) is 2. The summed E-state index contributed by atoms with van der Waals surface area (Å²) in [7, 11) is 0. The Bertz CT molecular complexity index is 1250. The molecule has 8 nitrogen and oxygen atoms in total. The van der Waals surface area contributed by atoms with Gasteiger partial charge >= 0.3 is 0 Å². The molecule has 33 heavy (non-hydrogen) atoms. The molecule has 1 atom stereocenters. The van der Waals surface area contributed by atoms with E-state index in [0.717, 1.165) is 11.3 Å². The largest absolute Gasteiger partial charge is 0.384 e. The Morgan fingerprint density at radius 2 is 2.00 bits per heavy atom. The van der Waals surface area contributed by atoms with Gasteiger partial charge in [0.25, 0.3) is 11.8 Å². The standard InChI is InChI=1S/C24H21FN4O4/c25-15-7-5-14(6-8-15)11-17(18-12-26-20-4-2-1-3-16(18)20)24(31)29-10-9-21-19(13-29)22(28-33-21)23(30)27-32/h1-8,11,18,26,32H,9-10,12-13H2,(H,27,30)/b17-11+. The van der Waals surface area contributed by atoms with Crippen molar-refractivity contribution in [2.75, 3.05) is 18.4 Å². The van der Waals surface area contributed by atoms with Crippen LogP contribution in [0.15, 0.2) is 58.6 Å². The fraction of sp³-hybridized carbons (Fsp3) is 0.208. The molecule has 0 spiro atoms. The Labute approximate surface area is 188 Å². The molecule has 0 saturated carbocycles. The number of para-hydroxylation sites is 1. The summed E-state index contributed by atoms with van der Waals surface area (Å²) in [5, 5.41) is 16.1. The van der Waals surface area contributed by atoms with Crippen molar-refractivity contribution in [3.63, 3.8) is 0 Å². The number of benzene rings is 2. The number of halogens is 1. The van der Waals surface area contributed by atoms with Gasteiger partial charge in [0.15, 0.2) is 5.69 Å². The van der Waals surface area contributed by atoms with Gasteiger partial charge in [-0.1, -0.05) is 35.5 Å². The van der Waals surface area contributed by atoms with Gasteiger partial charge < -0.3 is 14.7 Å². The second kappa shape index (κ2) is 8.51. The quantitative estimate of drug-likeness (QED) is 0.322. The van der Waals surface area contributed by atoms with Gasteiger partial charge in [-0.05, 0) is 35.4 Å². The number of amides is 2. The van der Waals surface area contributed by atoms with Crippen LogP contribution in [0.25, 0.3) is 6.08 Å². The van der Waals surface area contributed by atoms with Crippen LogP contribution in [-0.2, 0) is 17.8 Å². The molecule has 0 fully saturated rings. The van der Waals surface area contributed by atoms with Crippen molar-refractivity contribution >= 4 is 23.6 Å². The Morgan fingerprint density at radius 3 is 2.79 bits per heavy atom. The van der Waals surface area contributed by atoms with Crippen LogP contribution in [0, 0.1) is 5.82 Å². The van der Waals surface area contributed by atoms with Crippen molar-refractivity contribution in [2.45, 2.75) is 18.9 Å². The first kappa shape index (κ1) is 20.9. The zero-order valence-corrected chi connectivity index (χ0v) is 17.5. The molecule has 0 aliphatic carbocycles. The minimum absolute atomic E-state index is 0.0399. The van der Waals surface area contributed by atoms with Crippen LogP contribution in [0.5, 0.6) is 0 Å². The maximum atomic E-state index is 13.8. The molecule has 1 unspecified atom stereocenters. The van der Waals surface area contributed by atoms with Gasteiger partial charge in [-0.15, -0.1) is 0 Å². The number of rotatable bonds is 4. The molecule has 5 rings (SSSR count). The summed E-state index contributed by atoms with van der Waals surface area (Å²) in [5.74, 6) is -0.994. The van der Waals surface area contributed by atoms with Gasteiger partial charge in [0.1, 0.15) is 11.6 Å². The van der Waals surface area contributed by atoms with Crippen molar-refractivity contribution in [1.82, 2.24) is 15.5 Å². The fourth-order valence-corrected chi connectivity index (χ4v) is 4.41. The third-order valence-corrected chi connectivity index (χ3v) is 6.08. The van der Waals surface area contributed by atoms with E-state index in [-0.39, 0.29) is 29.9 Å². The molecular weight excluding hydrogens is 427 g/mol. The number of hydrogen-bond donors (Lipinski definition) is 3. The second-order valence-electron chi connectivity index (χ2n) is 8.02. The average Bonchev–Trinajstić information content (AvgIpc) is 3.47. The number of aromatic nitrogens is 1. The minimum atomic E-state index is -0.787. The van der Waals surface area contributed by atoms with Crippen molar-refractivity contribution < 1.29 is 23.7 Å². The molecule has 0 radical (unpaired) electrons. The van der Waals surface area contributed by atoms with Crippen molar-refractivity contribution in [3.05, 3.63) is 88.1 Å². The topological polar surface area (TPSA) is 108 Å². The normalized spacial score (nSPS) is 17.2. The van der Waals surface area contributed by atoms with E-state index in [2.05, 4.69) is 10.5 Å². The Hall–Kier alpha value is -3.98. The SMILES string of the molecule is O=C(NO)c1noc2c1CN(C(=O)/C(=C/c1ccc(F)cc1)C1CNc3ccccc31)CC2. The van der Waals surface area contributed by atoms with Crippen LogP contribution in [0.1, 0.15) is 38.9 Å². The van der Waals surface area contributed by atoms with E-state index in [1.165, 1.54) is 12.1 Å². The molecule has 2 aromatic carbocycles. The Balaban J connectivity index is 1.51. The molecule has 9 heteroatoms. The third kappa shape index (κ3) is 3.87. The second-order valence-corrected chi connectivity index (χ2v) is 8.02. The zero-order valence-electron chi connectivity index (χ0n) is 17.5. The number of fused-ring (bicyclic) bond motifs is 2. The van der Waals surface area contributed by atoms with E-state index in [4.69, 9.17) is 9.73 Å². The fourth-order valence-electron chi connectivity index (χ4n) is 4.41. The van der Waals surface area contributed by atoms with Gasteiger partial charge in [0.05, 0.1) is 6.54 Å². The predicted octanol–water partition coefficient (Wildman–Crippen LogP) is 3.11. The maximum absolute atomic E-state index is 13.8. The number of carbonyl (C=O) groups excluding carboxylic acids is 2. The first-order valence-electron chi connectivity index (χ1n) is 10.6. The van der Waals surface area contributed by atoms with E-state index >= 15 is 0 Å². The van der Waals surface area contributed by atoms with E-state index in [1.807, 2.05) is 24.3 Å². The predicted molar refractivity (Wildman–Crippen MR) is 117 cm³/mol.